The average molecular weight is 322 g/mol. The van der Waals surface area contributed by atoms with E-state index >= 15 is 0 Å². The molecule has 24 heavy (non-hydrogen) atoms. The third-order valence-electron chi connectivity index (χ3n) is 4.14. The Labute approximate surface area is 140 Å². The van der Waals surface area contributed by atoms with Crippen molar-refractivity contribution in [2.24, 2.45) is 0 Å². The summed E-state index contributed by atoms with van der Waals surface area (Å²) in [5.74, 6) is -0.510. The van der Waals surface area contributed by atoms with Crippen molar-refractivity contribution in [2.75, 3.05) is 18.0 Å². The molecule has 0 bridgehead atoms. The van der Waals surface area contributed by atoms with E-state index < -0.39 is 0 Å². The summed E-state index contributed by atoms with van der Waals surface area (Å²) >= 11 is 0. The highest BCUT2D eigenvalue weighted by molar-refractivity contribution is 6.02. The van der Waals surface area contributed by atoms with Crippen molar-refractivity contribution in [3.63, 3.8) is 0 Å². The number of amides is 2. The monoisotopic (exact) mass is 322 g/mol. The number of nitrogens with one attached hydrogen (secondary N) is 1. The number of anilines is 1. The molecule has 5 nitrogen and oxygen atoms in total. The SMILES string of the molecule is CC(=O)c1ccc(C(=O)NCC(=O)N2CCc3ccccc32)cc1. The van der Waals surface area contributed by atoms with Crippen LogP contribution in [0, 0.1) is 0 Å². The Balaban J connectivity index is 1.60. The number of Topliss-reactive ketones (excluding diaryl/α,β-unsaturated/α-hetero) is 1. The van der Waals surface area contributed by atoms with Gasteiger partial charge in [-0.3, -0.25) is 14.4 Å². The van der Waals surface area contributed by atoms with Crippen LogP contribution in [0.25, 0.3) is 0 Å². The van der Waals surface area contributed by atoms with Gasteiger partial charge in [-0.1, -0.05) is 30.3 Å². The number of carbonyl (C=O) groups is 3. The molecule has 0 saturated carbocycles. The predicted molar refractivity (Wildman–Crippen MR) is 91.3 cm³/mol. The fourth-order valence-electron chi connectivity index (χ4n) is 2.81. The predicted octanol–water partition coefficient (Wildman–Crippen LogP) is 2.21. The third-order valence-corrected chi connectivity index (χ3v) is 4.14. The minimum Gasteiger partial charge on any atom is -0.343 e. The zero-order valence-electron chi connectivity index (χ0n) is 13.4. The van der Waals surface area contributed by atoms with Gasteiger partial charge in [0.1, 0.15) is 0 Å². The number of carbonyl (C=O) groups excluding carboxylic acids is 3. The lowest BCUT2D eigenvalue weighted by atomic mass is 10.1. The summed E-state index contributed by atoms with van der Waals surface area (Å²) in [5.41, 5.74) is 3.05. The number of hydrogen-bond acceptors (Lipinski definition) is 3. The first kappa shape index (κ1) is 15.9. The van der Waals surface area contributed by atoms with E-state index in [-0.39, 0.29) is 24.1 Å². The Morgan fingerprint density at radius 3 is 2.38 bits per heavy atom. The summed E-state index contributed by atoms with van der Waals surface area (Å²) in [6, 6.07) is 14.2. The maximum absolute atomic E-state index is 12.4. The van der Waals surface area contributed by atoms with E-state index in [1.54, 1.807) is 29.2 Å². The molecule has 1 N–H and O–H groups in total. The Morgan fingerprint density at radius 2 is 1.67 bits per heavy atom. The van der Waals surface area contributed by atoms with Crippen molar-refractivity contribution >= 4 is 23.3 Å². The molecule has 0 aromatic heterocycles. The number of fused-ring (bicyclic) bond motifs is 1. The summed E-state index contributed by atoms with van der Waals surface area (Å²) in [5, 5.41) is 2.64. The Morgan fingerprint density at radius 1 is 1.00 bits per heavy atom. The zero-order valence-corrected chi connectivity index (χ0v) is 13.4. The van der Waals surface area contributed by atoms with Crippen molar-refractivity contribution in [1.82, 2.24) is 5.32 Å². The van der Waals surface area contributed by atoms with Crippen LogP contribution in [-0.2, 0) is 11.2 Å². The van der Waals surface area contributed by atoms with E-state index in [0.29, 0.717) is 17.7 Å². The van der Waals surface area contributed by atoms with Crippen LogP contribution in [0.2, 0.25) is 0 Å². The molecule has 0 spiro atoms. The molecule has 0 saturated heterocycles. The number of para-hydroxylation sites is 1. The quantitative estimate of drug-likeness (QED) is 0.878. The first-order valence-electron chi connectivity index (χ1n) is 7.84. The van der Waals surface area contributed by atoms with Crippen molar-refractivity contribution in [1.29, 1.82) is 0 Å². The molecular weight excluding hydrogens is 304 g/mol. The fourth-order valence-corrected chi connectivity index (χ4v) is 2.81. The number of ketones is 1. The second kappa shape index (κ2) is 6.66. The lowest BCUT2D eigenvalue weighted by molar-refractivity contribution is -0.117. The van der Waals surface area contributed by atoms with E-state index in [9.17, 15) is 14.4 Å². The molecule has 1 heterocycles. The molecule has 0 atom stereocenters. The molecule has 5 heteroatoms. The average Bonchev–Trinajstić information content (AvgIpc) is 3.03. The Kier molecular flexibility index (Phi) is 4.42. The fraction of sp³-hybridized carbons (Fsp3) is 0.211. The summed E-state index contributed by atoms with van der Waals surface area (Å²) < 4.78 is 0. The van der Waals surface area contributed by atoms with Gasteiger partial charge in [0.25, 0.3) is 5.91 Å². The minimum absolute atomic E-state index is 0.0511. The maximum Gasteiger partial charge on any atom is 0.251 e. The molecular formula is C19H18N2O3. The molecule has 3 rings (SSSR count). The Bertz CT molecular complexity index is 797. The van der Waals surface area contributed by atoms with Gasteiger partial charge in [0, 0.05) is 23.4 Å². The normalized spacial score (nSPS) is 12.6. The van der Waals surface area contributed by atoms with Crippen LogP contribution in [0.1, 0.15) is 33.2 Å². The number of nitrogens with zero attached hydrogens (tertiary/aromatic N) is 1. The summed E-state index contributed by atoms with van der Waals surface area (Å²) in [4.78, 5) is 37.4. The molecule has 1 aliphatic heterocycles. The highest BCUT2D eigenvalue weighted by atomic mass is 16.2. The lowest BCUT2D eigenvalue weighted by Crippen LogP contribution is -2.39. The first-order chi connectivity index (χ1) is 11.6. The van der Waals surface area contributed by atoms with Gasteiger partial charge in [-0.15, -0.1) is 0 Å². The van der Waals surface area contributed by atoms with Crippen LogP contribution < -0.4 is 10.2 Å². The van der Waals surface area contributed by atoms with Gasteiger partial charge in [0.05, 0.1) is 6.54 Å². The van der Waals surface area contributed by atoms with Gasteiger partial charge in [-0.05, 0) is 37.1 Å². The van der Waals surface area contributed by atoms with Gasteiger partial charge >= 0.3 is 0 Å². The molecule has 2 aromatic rings. The number of benzene rings is 2. The van der Waals surface area contributed by atoms with Gasteiger partial charge in [-0.2, -0.15) is 0 Å². The van der Waals surface area contributed by atoms with Crippen LogP contribution in [0.15, 0.2) is 48.5 Å². The zero-order chi connectivity index (χ0) is 17.1. The highest BCUT2D eigenvalue weighted by Gasteiger charge is 2.24. The number of rotatable bonds is 4. The molecule has 0 unspecified atom stereocenters. The van der Waals surface area contributed by atoms with Crippen LogP contribution in [0.4, 0.5) is 5.69 Å². The highest BCUT2D eigenvalue weighted by Crippen LogP contribution is 2.27. The second-order valence-electron chi connectivity index (χ2n) is 5.74. The van der Waals surface area contributed by atoms with Crippen LogP contribution in [-0.4, -0.2) is 30.7 Å². The van der Waals surface area contributed by atoms with E-state index in [1.165, 1.54) is 6.92 Å². The van der Waals surface area contributed by atoms with Crippen molar-refractivity contribution < 1.29 is 14.4 Å². The Hall–Kier alpha value is -2.95. The topological polar surface area (TPSA) is 66.5 Å². The van der Waals surface area contributed by atoms with Crippen LogP contribution in [0.5, 0.6) is 0 Å². The van der Waals surface area contributed by atoms with E-state index in [0.717, 1.165) is 17.7 Å². The molecule has 0 fully saturated rings. The van der Waals surface area contributed by atoms with E-state index in [2.05, 4.69) is 5.32 Å². The van der Waals surface area contributed by atoms with E-state index in [1.807, 2.05) is 24.3 Å². The molecule has 122 valence electrons. The van der Waals surface area contributed by atoms with Crippen molar-refractivity contribution in [2.45, 2.75) is 13.3 Å². The molecule has 1 aliphatic rings. The third kappa shape index (κ3) is 3.20. The summed E-state index contributed by atoms with van der Waals surface area (Å²) in [6.45, 7) is 2.06. The summed E-state index contributed by atoms with van der Waals surface area (Å²) in [7, 11) is 0. The first-order valence-corrected chi connectivity index (χ1v) is 7.84. The van der Waals surface area contributed by atoms with Gasteiger partial charge in [0.15, 0.2) is 5.78 Å². The lowest BCUT2D eigenvalue weighted by Gasteiger charge is -2.17. The van der Waals surface area contributed by atoms with Crippen LogP contribution in [0.3, 0.4) is 0 Å². The largest absolute Gasteiger partial charge is 0.343 e. The van der Waals surface area contributed by atoms with Gasteiger partial charge < -0.3 is 10.2 Å². The molecule has 0 radical (unpaired) electrons. The maximum atomic E-state index is 12.4. The smallest absolute Gasteiger partial charge is 0.251 e. The van der Waals surface area contributed by atoms with Crippen molar-refractivity contribution in [3.8, 4) is 0 Å². The van der Waals surface area contributed by atoms with Crippen LogP contribution >= 0.6 is 0 Å². The molecule has 0 aliphatic carbocycles. The minimum atomic E-state index is -0.328. The van der Waals surface area contributed by atoms with Crippen molar-refractivity contribution in [3.05, 3.63) is 65.2 Å². The number of hydrogen-bond donors (Lipinski definition) is 1. The van der Waals surface area contributed by atoms with E-state index in [4.69, 9.17) is 0 Å². The second-order valence-corrected chi connectivity index (χ2v) is 5.74. The molecule has 2 amide bonds. The standard InChI is InChI=1S/C19H18N2O3/c1-13(22)14-6-8-16(9-7-14)19(24)20-12-18(23)21-11-10-15-4-2-3-5-17(15)21/h2-9H,10-12H2,1H3,(H,20,24). The molecule has 2 aromatic carbocycles. The summed E-state index contributed by atoms with van der Waals surface area (Å²) in [6.07, 6.45) is 0.836. The van der Waals surface area contributed by atoms with Gasteiger partial charge in [0.2, 0.25) is 5.91 Å². The van der Waals surface area contributed by atoms with Gasteiger partial charge in [-0.25, -0.2) is 0 Å².